The van der Waals surface area contributed by atoms with Gasteiger partial charge in [0.1, 0.15) is 5.82 Å². The first-order valence-electron chi connectivity index (χ1n) is 10.2. The Balaban J connectivity index is 1.16. The number of amides is 1. The summed E-state index contributed by atoms with van der Waals surface area (Å²) in [5.74, 6) is 0.0451. The fraction of sp³-hybridized carbons (Fsp3) is 0.364. The van der Waals surface area contributed by atoms with E-state index >= 15 is 0 Å². The molecule has 30 heavy (non-hydrogen) atoms. The van der Waals surface area contributed by atoms with Gasteiger partial charge in [-0.1, -0.05) is 23.5 Å². The van der Waals surface area contributed by atoms with Crippen LogP contribution in [0.4, 0.5) is 25.7 Å². The zero-order chi connectivity index (χ0) is 20.9. The highest BCUT2D eigenvalue weighted by Gasteiger charge is 2.21. The van der Waals surface area contributed by atoms with Crippen molar-refractivity contribution in [3.05, 3.63) is 48.3 Å². The molecule has 1 amide bonds. The molecule has 3 aromatic rings. The van der Waals surface area contributed by atoms with Gasteiger partial charge in [0.15, 0.2) is 5.13 Å². The Morgan fingerprint density at radius 2 is 2.07 bits per heavy atom. The number of para-hydroxylation sites is 1. The molecule has 4 rings (SSSR count). The van der Waals surface area contributed by atoms with Crippen LogP contribution in [0.2, 0.25) is 0 Å². The van der Waals surface area contributed by atoms with Crippen molar-refractivity contribution >= 4 is 44.2 Å². The number of aromatic nitrogens is 1. The molecule has 3 N–H and O–H groups in total. The number of carbonyl (C=O) groups is 1. The fourth-order valence-corrected chi connectivity index (χ4v) is 4.74. The van der Waals surface area contributed by atoms with E-state index in [0.717, 1.165) is 55.5 Å². The third-order valence-electron chi connectivity index (χ3n) is 5.39. The molecule has 0 spiro atoms. The molecule has 0 unspecified atom stereocenters. The van der Waals surface area contributed by atoms with Crippen molar-refractivity contribution in [2.45, 2.75) is 25.7 Å². The van der Waals surface area contributed by atoms with Crippen LogP contribution in [0.15, 0.2) is 42.5 Å². The standard InChI is InChI=1S/C22H25FN4O2S/c23-17-14-16(24)7-8-18(17)26-22(28)29-13-3-4-15-9-11-27(12-10-15)21-25-19-5-1-2-6-20(19)30-21/h1-2,5-8,14-15H,3-4,9-13,24H2,(H,26,28). The number of thiazole rings is 1. The highest BCUT2D eigenvalue weighted by atomic mass is 32.1. The Morgan fingerprint density at radius 3 is 2.83 bits per heavy atom. The van der Waals surface area contributed by atoms with E-state index in [1.807, 2.05) is 12.1 Å². The molecular formula is C22H25FN4O2S. The molecule has 0 aliphatic carbocycles. The summed E-state index contributed by atoms with van der Waals surface area (Å²) in [6, 6.07) is 12.3. The van der Waals surface area contributed by atoms with Crippen molar-refractivity contribution < 1.29 is 13.9 Å². The van der Waals surface area contributed by atoms with E-state index in [0.29, 0.717) is 18.2 Å². The number of hydrogen-bond acceptors (Lipinski definition) is 6. The van der Waals surface area contributed by atoms with Crippen molar-refractivity contribution in [3.8, 4) is 0 Å². The van der Waals surface area contributed by atoms with Crippen LogP contribution in [-0.2, 0) is 4.74 Å². The third-order valence-corrected chi connectivity index (χ3v) is 6.48. The molecule has 0 saturated carbocycles. The van der Waals surface area contributed by atoms with Gasteiger partial charge in [0.2, 0.25) is 0 Å². The number of anilines is 3. The Bertz CT molecular complexity index is 984. The summed E-state index contributed by atoms with van der Waals surface area (Å²) in [7, 11) is 0. The fourth-order valence-electron chi connectivity index (χ4n) is 3.72. The van der Waals surface area contributed by atoms with Crippen molar-refractivity contribution in [1.82, 2.24) is 4.98 Å². The van der Waals surface area contributed by atoms with Crippen LogP contribution in [0.1, 0.15) is 25.7 Å². The van der Waals surface area contributed by atoms with E-state index < -0.39 is 11.9 Å². The molecule has 158 valence electrons. The topological polar surface area (TPSA) is 80.5 Å². The predicted octanol–water partition coefficient (Wildman–Crippen LogP) is 5.26. The largest absolute Gasteiger partial charge is 0.449 e. The van der Waals surface area contributed by atoms with E-state index in [1.54, 1.807) is 11.3 Å². The van der Waals surface area contributed by atoms with Crippen molar-refractivity contribution in [2.75, 3.05) is 35.6 Å². The Labute approximate surface area is 178 Å². The van der Waals surface area contributed by atoms with Crippen LogP contribution in [0.25, 0.3) is 10.2 Å². The number of ether oxygens (including phenoxy) is 1. The van der Waals surface area contributed by atoms with Gasteiger partial charge in [-0.25, -0.2) is 14.2 Å². The quantitative estimate of drug-likeness (QED) is 0.413. The molecule has 8 heteroatoms. The van der Waals surface area contributed by atoms with Crippen LogP contribution in [0.3, 0.4) is 0 Å². The van der Waals surface area contributed by atoms with E-state index in [-0.39, 0.29) is 5.69 Å². The lowest BCUT2D eigenvalue weighted by Gasteiger charge is -2.31. The van der Waals surface area contributed by atoms with Gasteiger partial charge < -0.3 is 15.4 Å². The number of benzene rings is 2. The first-order chi connectivity index (χ1) is 14.6. The lowest BCUT2D eigenvalue weighted by Crippen LogP contribution is -2.33. The number of nitrogens with zero attached hydrogens (tertiary/aromatic N) is 2. The Hall–Kier alpha value is -2.87. The summed E-state index contributed by atoms with van der Waals surface area (Å²) >= 11 is 1.75. The van der Waals surface area contributed by atoms with Gasteiger partial charge in [-0.15, -0.1) is 0 Å². The monoisotopic (exact) mass is 428 g/mol. The molecule has 2 aromatic carbocycles. The average molecular weight is 429 g/mol. The molecule has 0 atom stereocenters. The minimum Gasteiger partial charge on any atom is -0.449 e. The number of nitrogens with two attached hydrogens (primary N) is 1. The van der Waals surface area contributed by atoms with Gasteiger partial charge in [0.25, 0.3) is 0 Å². The summed E-state index contributed by atoms with van der Waals surface area (Å²) in [4.78, 5) is 18.9. The van der Waals surface area contributed by atoms with E-state index in [1.165, 1.54) is 16.8 Å². The van der Waals surface area contributed by atoms with E-state index in [4.69, 9.17) is 15.5 Å². The number of carbonyl (C=O) groups excluding carboxylic acids is 1. The maximum atomic E-state index is 13.7. The molecule has 2 heterocycles. The van der Waals surface area contributed by atoms with E-state index in [9.17, 15) is 9.18 Å². The minimum atomic E-state index is -0.649. The number of hydrogen-bond donors (Lipinski definition) is 2. The third kappa shape index (κ3) is 4.99. The summed E-state index contributed by atoms with van der Waals surface area (Å²) in [6.07, 6.45) is 3.38. The zero-order valence-electron chi connectivity index (χ0n) is 16.6. The van der Waals surface area contributed by atoms with Gasteiger partial charge in [-0.05, 0) is 61.9 Å². The van der Waals surface area contributed by atoms with E-state index in [2.05, 4.69) is 22.3 Å². The summed E-state index contributed by atoms with van der Waals surface area (Å²) in [5, 5.41) is 3.51. The highest BCUT2D eigenvalue weighted by Crippen LogP contribution is 2.32. The number of nitrogens with one attached hydrogen (secondary N) is 1. The maximum absolute atomic E-state index is 13.7. The average Bonchev–Trinajstić information content (AvgIpc) is 3.18. The molecule has 1 aliphatic heterocycles. The normalized spacial score (nSPS) is 14.8. The first kappa shape index (κ1) is 20.4. The van der Waals surface area contributed by atoms with Gasteiger partial charge in [0.05, 0.1) is 22.5 Å². The molecule has 6 nitrogen and oxygen atoms in total. The molecule has 1 saturated heterocycles. The highest BCUT2D eigenvalue weighted by molar-refractivity contribution is 7.22. The van der Waals surface area contributed by atoms with Crippen molar-refractivity contribution in [1.29, 1.82) is 0 Å². The van der Waals surface area contributed by atoms with Crippen LogP contribution < -0.4 is 16.0 Å². The Morgan fingerprint density at radius 1 is 1.27 bits per heavy atom. The van der Waals surface area contributed by atoms with Gasteiger partial charge in [-0.3, -0.25) is 5.32 Å². The zero-order valence-corrected chi connectivity index (χ0v) is 17.5. The second-order valence-corrected chi connectivity index (χ2v) is 8.55. The van der Waals surface area contributed by atoms with Gasteiger partial charge in [0, 0.05) is 18.8 Å². The smallest absolute Gasteiger partial charge is 0.411 e. The Kier molecular flexibility index (Phi) is 6.32. The predicted molar refractivity (Wildman–Crippen MR) is 120 cm³/mol. The molecule has 0 radical (unpaired) electrons. The summed E-state index contributed by atoms with van der Waals surface area (Å²) < 4.78 is 20.1. The molecule has 1 aliphatic rings. The van der Waals surface area contributed by atoms with Crippen molar-refractivity contribution in [3.63, 3.8) is 0 Å². The van der Waals surface area contributed by atoms with Crippen molar-refractivity contribution in [2.24, 2.45) is 5.92 Å². The second kappa shape index (κ2) is 9.30. The van der Waals surface area contributed by atoms with Gasteiger partial charge >= 0.3 is 6.09 Å². The molecular weight excluding hydrogens is 403 g/mol. The SMILES string of the molecule is Nc1ccc(NC(=O)OCCCC2CCN(c3nc4ccccc4s3)CC2)c(F)c1. The van der Waals surface area contributed by atoms with Crippen LogP contribution in [-0.4, -0.2) is 30.8 Å². The van der Waals surface area contributed by atoms with Crippen LogP contribution in [0.5, 0.6) is 0 Å². The lowest BCUT2D eigenvalue weighted by atomic mass is 9.92. The molecule has 0 bridgehead atoms. The maximum Gasteiger partial charge on any atom is 0.411 e. The van der Waals surface area contributed by atoms with Crippen LogP contribution in [0, 0.1) is 11.7 Å². The number of rotatable bonds is 6. The molecule has 1 aromatic heterocycles. The second-order valence-electron chi connectivity index (χ2n) is 7.54. The number of fused-ring (bicyclic) bond motifs is 1. The first-order valence-corrected chi connectivity index (χ1v) is 11.0. The number of piperidine rings is 1. The van der Waals surface area contributed by atoms with Gasteiger partial charge in [-0.2, -0.15) is 0 Å². The molecule has 1 fully saturated rings. The number of halogens is 1. The summed E-state index contributed by atoms with van der Waals surface area (Å²) in [6.45, 7) is 2.32. The minimum absolute atomic E-state index is 0.0661. The summed E-state index contributed by atoms with van der Waals surface area (Å²) in [5.41, 5.74) is 6.93. The number of nitrogen functional groups attached to an aromatic ring is 1. The van der Waals surface area contributed by atoms with Crippen LogP contribution >= 0.6 is 11.3 Å². The lowest BCUT2D eigenvalue weighted by molar-refractivity contribution is 0.156.